The molecule has 0 atom stereocenters. The fourth-order valence-electron chi connectivity index (χ4n) is 2.29. The van der Waals surface area contributed by atoms with Crippen molar-refractivity contribution in [2.75, 3.05) is 0 Å². The Morgan fingerprint density at radius 2 is 1.08 bits per heavy atom. The molecule has 2 N–H and O–H groups in total. The van der Waals surface area contributed by atoms with Gasteiger partial charge in [0.2, 0.25) is 0 Å². The van der Waals surface area contributed by atoms with Gasteiger partial charge in [-0.3, -0.25) is 9.59 Å². The summed E-state index contributed by atoms with van der Waals surface area (Å²) < 4.78 is 0. The van der Waals surface area contributed by atoms with Crippen LogP contribution in [0, 0.1) is 0 Å². The van der Waals surface area contributed by atoms with E-state index >= 15 is 0 Å². The van der Waals surface area contributed by atoms with Crippen molar-refractivity contribution in [2.45, 2.75) is 10.3 Å². The second kappa shape index (κ2) is 6.14. The standard InChI is InChI=1S/C16H10N4O2S2/c21-13-9-5-1-3-7-11(9)17-15(19-13)23-24-16-18-12-8-4-2-6-10(12)14(22)20-16/h1-8H,(H,17,19,21)(H,18,20,22). The van der Waals surface area contributed by atoms with E-state index in [0.29, 0.717) is 32.1 Å². The van der Waals surface area contributed by atoms with Gasteiger partial charge in [0.05, 0.1) is 21.8 Å². The van der Waals surface area contributed by atoms with Crippen molar-refractivity contribution in [1.82, 2.24) is 19.9 Å². The summed E-state index contributed by atoms with van der Waals surface area (Å²) in [5.41, 5.74) is 0.876. The van der Waals surface area contributed by atoms with Gasteiger partial charge in [-0.15, -0.1) is 0 Å². The van der Waals surface area contributed by atoms with E-state index in [1.165, 1.54) is 21.6 Å². The Morgan fingerprint density at radius 1 is 0.667 bits per heavy atom. The van der Waals surface area contributed by atoms with E-state index in [2.05, 4.69) is 19.9 Å². The maximum Gasteiger partial charge on any atom is 0.259 e. The molecule has 0 saturated heterocycles. The lowest BCUT2D eigenvalue weighted by Gasteiger charge is -2.03. The number of para-hydroxylation sites is 2. The zero-order chi connectivity index (χ0) is 16.5. The van der Waals surface area contributed by atoms with Crippen LogP contribution in [-0.4, -0.2) is 19.9 Å². The molecule has 4 aromatic rings. The number of fused-ring (bicyclic) bond motifs is 2. The van der Waals surface area contributed by atoms with Gasteiger partial charge in [0.1, 0.15) is 0 Å². The van der Waals surface area contributed by atoms with Crippen LogP contribution in [0.3, 0.4) is 0 Å². The van der Waals surface area contributed by atoms with Gasteiger partial charge in [-0.2, -0.15) is 0 Å². The van der Waals surface area contributed by atoms with Crippen LogP contribution in [0.2, 0.25) is 0 Å². The molecule has 0 aliphatic rings. The first-order valence-electron chi connectivity index (χ1n) is 7.03. The SMILES string of the molecule is O=c1[nH]c(SSc2nc3ccccc3c(=O)[nH]2)nc2ccccc12. The van der Waals surface area contributed by atoms with Crippen molar-refractivity contribution in [3.05, 3.63) is 69.2 Å². The number of H-pyrrole nitrogens is 2. The molecule has 2 aromatic heterocycles. The Kier molecular flexibility index (Phi) is 3.83. The predicted octanol–water partition coefficient (Wildman–Crippen LogP) is 2.96. The monoisotopic (exact) mass is 354 g/mol. The quantitative estimate of drug-likeness (QED) is 0.434. The lowest BCUT2D eigenvalue weighted by molar-refractivity contribution is 0.974. The summed E-state index contributed by atoms with van der Waals surface area (Å²) >= 11 is 0. The third kappa shape index (κ3) is 2.81. The van der Waals surface area contributed by atoms with Crippen molar-refractivity contribution in [3.8, 4) is 0 Å². The van der Waals surface area contributed by atoms with Crippen LogP contribution in [0.5, 0.6) is 0 Å². The Balaban J connectivity index is 1.65. The molecule has 0 radical (unpaired) electrons. The summed E-state index contributed by atoms with van der Waals surface area (Å²) in [4.78, 5) is 38.4. The van der Waals surface area contributed by atoms with Gasteiger partial charge in [0, 0.05) is 0 Å². The molecule has 4 rings (SSSR count). The molecule has 0 saturated carbocycles. The van der Waals surface area contributed by atoms with Crippen LogP contribution in [0.1, 0.15) is 0 Å². The average molecular weight is 354 g/mol. The minimum atomic E-state index is -0.191. The second-order valence-electron chi connectivity index (χ2n) is 4.94. The normalized spacial score (nSPS) is 11.2. The van der Waals surface area contributed by atoms with Crippen LogP contribution in [0.25, 0.3) is 21.8 Å². The van der Waals surface area contributed by atoms with Gasteiger partial charge in [-0.05, 0) is 45.9 Å². The predicted molar refractivity (Wildman–Crippen MR) is 96.4 cm³/mol. The molecule has 0 amide bonds. The second-order valence-corrected chi connectivity index (χ2v) is 7.05. The average Bonchev–Trinajstić information content (AvgIpc) is 2.60. The van der Waals surface area contributed by atoms with E-state index in [0.717, 1.165) is 0 Å². The van der Waals surface area contributed by atoms with Gasteiger partial charge < -0.3 is 9.97 Å². The third-order valence-corrected chi connectivity index (χ3v) is 5.36. The van der Waals surface area contributed by atoms with Crippen LogP contribution >= 0.6 is 21.6 Å². The van der Waals surface area contributed by atoms with E-state index < -0.39 is 0 Å². The van der Waals surface area contributed by atoms with E-state index in [4.69, 9.17) is 0 Å². The van der Waals surface area contributed by atoms with Gasteiger partial charge in [-0.1, -0.05) is 24.3 Å². The van der Waals surface area contributed by atoms with E-state index in [1.54, 1.807) is 36.4 Å². The highest BCUT2D eigenvalue weighted by Gasteiger charge is 2.08. The molecule has 8 heteroatoms. The van der Waals surface area contributed by atoms with Crippen LogP contribution < -0.4 is 11.1 Å². The van der Waals surface area contributed by atoms with Crippen molar-refractivity contribution < 1.29 is 0 Å². The molecule has 24 heavy (non-hydrogen) atoms. The smallest absolute Gasteiger partial charge is 0.259 e. The fraction of sp³-hybridized carbons (Fsp3) is 0. The molecule has 118 valence electrons. The summed E-state index contributed by atoms with van der Waals surface area (Å²) in [6, 6.07) is 14.3. The maximum atomic E-state index is 12.0. The Bertz CT molecular complexity index is 1080. The molecule has 2 heterocycles. The summed E-state index contributed by atoms with van der Waals surface area (Å²) in [5.74, 6) is 0. The van der Waals surface area contributed by atoms with E-state index in [1.807, 2.05) is 12.1 Å². The third-order valence-electron chi connectivity index (χ3n) is 3.38. The van der Waals surface area contributed by atoms with Gasteiger partial charge >= 0.3 is 0 Å². The minimum absolute atomic E-state index is 0.191. The van der Waals surface area contributed by atoms with Crippen molar-refractivity contribution in [1.29, 1.82) is 0 Å². The topological polar surface area (TPSA) is 91.5 Å². The number of rotatable bonds is 3. The van der Waals surface area contributed by atoms with E-state index in [9.17, 15) is 9.59 Å². The first-order chi connectivity index (χ1) is 11.7. The number of benzene rings is 2. The van der Waals surface area contributed by atoms with Crippen LogP contribution in [-0.2, 0) is 0 Å². The van der Waals surface area contributed by atoms with Crippen molar-refractivity contribution in [3.63, 3.8) is 0 Å². The molecule has 0 unspecified atom stereocenters. The number of aromatic nitrogens is 4. The summed E-state index contributed by atoms with van der Waals surface area (Å²) in [6.45, 7) is 0. The lowest BCUT2D eigenvalue weighted by Crippen LogP contribution is -2.09. The largest absolute Gasteiger partial charge is 0.300 e. The number of nitrogens with zero attached hydrogens (tertiary/aromatic N) is 2. The molecule has 0 spiro atoms. The Hall–Kier alpha value is -2.58. The van der Waals surface area contributed by atoms with Gasteiger partial charge in [0.25, 0.3) is 11.1 Å². The number of hydrogen-bond acceptors (Lipinski definition) is 6. The van der Waals surface area contributed by atoms with Gasteiger partial charge in [0.15, 0.2) is 10.3 Å². The highest BCUT2D eigenvalue weighted by atomic mass is 33.1. The molecule has 0 aliphatic heterocycles. The number of hydrogen-bond donors (Lipinski definition) is 2. The number of aromatic amines is 2. The van der Waals surface area contributed by atoms with Crippen molar-refractivity contribution >= 4 is 43.4 Å². The summed E-state index contributed by atoms with van der Waals surface area (Å²) in [6.07, 6.45) is 0. The highest BCUT2D eigenvalue weighted by molar-refractivity contribution is 8.76. The van der Waals surface area contributed by atoms with Crippen LogP contribution in [0.15, 0.2) is 68.4 Å². The van der Waals surface area contributed by atoms with Crippen LogP contribution in [0.4, 0.5) is 0 Å². The molecule has 0 fully saturated rings. The molecule has 6 nitrogen and oxygen atoms in total. The Labute approximate surface area is 143 Å². The lowest BCUT2D eigenvalue weighted by atomic mass is 10.2. The first kappa shape index (κ1) is 15.0. The maximum absolute atomic E-state index is 12.0. The minimum Gasteiger partial charge on any atom is -0.300 e. The van der Waals surface area contributed by atoms with Gasteiger partial charge in [-0.25, -0.2) is 9.97 Å². The molecule has 0 bridgehead atoms. The van der Waals surface area contributed by atoms with Crippen molar-refractivity contribution in [2.24, 2.45) is 0 Å². The molecule has 2 aromatic carbocycles. The molecular weight excluding hydrogens is 344 g/mol. The highest BCUT2D eigenvalue weighted by Crippen LogP contribution is 2.33. The first-order valence-corrected chi connectivity index (χ1v) is 9.18. The number of nitrogens with one attached hydrogen (secondary N) is 2. The Morgan fingerprint density at radius 3 is 1.54 bits per heavy atom. The molecular formula is C16H10N4O2S2. The molecule has 0 aliphatic carbocycles. The summed E-state index contributed by atoms with van der Waals surface area (Å²) in [7, 11) is 2.47. The van der Waals surface area contributed by atoms with E-state index in [-0.39, 0.29) is 11.1 Å². The summed E-state index contributed by atoms with van der Waals surface area (Å²) in [5, 5.41) is 2.01. The fourth-order valence-corrected chi connectivity index (χ4v) is 3.93. The zero-order valence-electron chi connectivity index (χ0n) is 12.1. The zero-order valence-corrected chi connectivity index (χ0v) is 13.8.